The average molecular weight is 459 g/mol. The molecule has 0 saturated heterocycles. The van der Waals surface area contributed by atoms with Gasteiger partial charge >= 0.3 is 0 Å². The molecule has 170 valence electrons. The maximum absolute atomic E-state index is 13.3. The average Bonchev–Trinajstić information content (AvgIpc) is 3.15. The Morgan fingerprint density at radius 2 is 2.00 bits per heavy atom. The molecule has 11 heteroatoms. The first kappa shape index (κ1) is 22.2. The molecule has 0 radical (unpaired) electrons. The van der Waals surface area contributed by atoms with Crippen molar-refractivity contribution in [2.75, 3.05) is 19.1 Å². The quantitative estimate of drug-likeness (QED) is 0.513. The Bertz CT molecular complexity index is 1250. The first-order chi connectivity index (χ1) is 15.2. The van der Waals surface area contributed by atoms with Gasteiger partial charge in [-0.05, 0) is 43.7 Å². The molecule has 4 rings (SSSR count). The van der Waals surface area contributed by atoms with Crippen LogP contribution in [0.2, 0.25) is 0 Å². The van der Waals surface area contributed by atoms with Gasteiger partial charge < -0.3 is 10.5 Å². The second-order valence-electron chi connectivity index (χ2n) is 8.17. The molecule has 0 spiro atoms. The zero-order chi connectivity index (χ0) is 22.9. The van der Waals surface area contributed by atoms with Gasteiger partial charge in [-0.15, -0.1) is 0 Å². The van der Waals surface area contributed by atoms with Gasteiger partial charge in [0.05, 0.1) is 19.1 Å². The van der Waals surface area contributed by atoms with E-state index in [9.17, 15) is 13.2 Å². The second kappa shape index (κ2) is 8.83. The van der Waals surface area contributed by atoms with Gasteiger partial charge in [0.15, 0.2) is 11.6 Å². The van der Waals surface area contributed by atoms with Gasteiger partial charge in [-0.3, -0.25) is 4.79 Å². The summed E-state index contributed by atoms with van der Waals surface area (Å²) in [4.78, 5) is 21.5. The smallest absolute Gasteiger partial charge is 0.213 e. The van der Waals surface area contributed by atoms with Gasteiger partial charge in [0.1, 0.15) is 11.8 Å². The van der Waals surface area contributed by atoms with Crippen LogP contribution in [0, 0.1) is 5.92 Å². The number of methoxy groups -OCH3 is 1. The lowest BCUT2D eigenvalue weighted by molar-refractivity contribution is 0.0948. The second-order valence-corrected chi connectivity index (χ2v) is 9.95. The van der Waals surface area contributed by atoms with Crippen molar-refractivity contribution in [1.82, 2.24) is 24.3 Å². The third kappa shape index (κ3) is 4.73. The molecule has 0 unspecified atom stereocenters. The number of pyridine rings is 1. The van der Waals surface area contributed by atoms with E-state index >= 15 is 0 Å². The molecule has 0 amide bonds. The van der Waals surface area contributed by atoms with Crippen molar-refractivity contribution in [3.63, 3.8) is 0 Å². The van der Waals surface area contributed by atoms with Crippen molar-refractivity contribution in [1.29, 1.82) is 0 Å². The summed E-state index contributed by atoms with van der Waals surface area (Å²) in [5.41, 5.74) is 8.57. The number of rotatable bonds is 7. The van der Waals surface area contributed by atoms with Crippen LogP contribution in [0.3, 0.4) is 0 Å². The molecule has 1 saturated carbocycles. The third-order valence-electron chi connectivity index (χ3n) is 5.82. The molecule has 32 heavy (non-hydrogen) atoms. The number of Topliss-reactive ketones (excluding diaryl/α,β-unsaturated/α-hetero) is 1. The first-order valence-corrected chi connectivity index (χ1v) is 12.3. The number of ether oxygens (including phenoxy) is 1. The number of nitrogens with two attached hydrogens (primary N) is 1. The number of ketones is 1. The van der Waals surface area contributed by atoms with Crippen LogP contribution in [0.4, 0.5) is 5.82 Å². The van der Waals surface area contributed by atoms with E-state index in [1.807, 2.05) is 6.07 Å². The number of hydrogen-bond acceptors (Lipinski definition) is 8. The number of nitrogen functional groups attached to an aromatic ring is 1. The number of nitrogens with one attached hydrogen (secondary N) is 1. The number of fused-ring (bicyclic) bond motifs is 1. The first-order valence-electron chi connectivity index (χ1n) is 10.4. The Hall–Kier alpha value is -3.05. The predicted octanol–water partition coefficient (Wildman–Crippen LogP) is 2.06. The van der Waals surface area contributed by atoms with E-state index < -0.39 is 10.0 Å². The fourth-order valence-electron chi connectivity index (χ4n) is 4.33. The molecular formula is C21H26N6O4S. The molecule has 3 N–H and O–H groups in total. The Kier molecular flexibility index (Phi) is 6.11. The SMILES string of the molecule is COc1cc(-c2cc(C(=O)CC3CCC(NS(C)(=O)=O)CC3)c3c(N)ncnn23)ccn1. The molecule has 3 aromatic heterocycles. The van der Waals surface area contributed by atoms with Gasteiger partial charge in [0.25, 0.3) is 0 Å². The summed E-state index contributed by atoms with van der Waals surface area (Å²) < 4.78 is 32.4. The molecule has 3 aromatic rings. The molecule has 0 bridgehead atoms. The number of sulfonamides is 1. The van der Waals surface area contributed by atoms with Crippen molar-refractivity contribution in [3.8, 4) is 17.1 Å². The van der Waals surface area contributed by atoms with E-state index in [1.165, 1.54) is 19.7 Å². The lowest BCUT2D eigenvalue weighted by Crippen LogP contribution is -2.37. The van der Waals surface area contributed by atoms with Crippen LogP contribution in [0.1, 0.15) is 42.5 Å². The fourth-order valence-corrected chi connectivity index (χ4v) is 5.17. The van der Waals surface area contributed by atoms with Crippen molar-refractivity contribution in [3.05, 3.63) is 36.3 Å². The highest BCUT2D eigenvalue weighted by molar-refractivity contribution is 7.88. The number of carbonyl (C=O) groups excluding carboxylic acids is 1. The highest BCUT2D eigenvalue weighted by Gasteiger charge is 2.27. The van der Waals surface area contributed by atoms with Gasteiger partial charge in [-0.2, -0.15) is 5.10 Å². The maximum Gasteiger partial charge on any atom is 0.213 e. The molecular weight excluding hydrogens is 432 g/mol. The third-order valence-corrected chi connectivity index (χ3v) is 6.59. The molecule has 10 nitrogen and oxygen atoms in total. The number of anilines is 1. The molecule has 1 aliphatic rings. The number of aromatic nitrogens is 4. The van der Waals surface area contributed by atoms with Crippen molar-refractivity contribution < 1.29 is 17.9 Å². The van der Waals surface area contributed by atoms with E-state index in [1.54, 1.807) is 22.8 Å². The van der Waals surface area contributed by atoms with Crippen LogP contribution in [0.5, 0.6) is 5.88 Å². The minimum atomic E-state index is -3.23. The molecule has 1 aliphatic carbocycles. The summed E-state index contributed by atoms with van der Waals surface area (Å²) in [6.45, 7) is 0. The molecule has 0 aliphatic heterocycles. The van der Waals surface area contributed by atoms with Crippen LogP contribution < -0.4 is 15.2 Å². The maximum atomic E-state index is 13.3. The topological polar surface area (TPSA) is 142 Å². The molecule has 1 fully saturated rings. The summed E-state index contributed by atoms with van der Waals surface area (Å²) in [7, 11) is -1.69. The molecule has 0 atom stereocenters. The highest BCUT2D eigenvalue weighted by Crippen LogP contribution is 2.33. The van der Waals surface area contributed by atoms with Gasteiger partial charge in [-0.25, -0.2) is 27.6 Å². The standard InChI is InChI=1S/C21H26N6O4S/c1-31-19-10-14(7-8-23-19)17-11-16(20-21(22)24-12-25-27(17)20)18(28)9-13-3-5-15(6-4-13)26-32(2,29)30/h7-8,10-13,15,26H,3-6,9H2,1-2H3,(H2,22,24,25). The lowest BCUT2D eigenvalue weighted by atomic mass is 9.82. The zero-order valence-corrected chi connectivity index (χ0v) is 18.8. The Morgan fingerprint density at radius 1 is 1.25 bits per heavy atom. The van der Waals surface area contributed by atoms with Crippen molar-refractivity contribution in [2.45, 2.75) is 38.1 Å². The van der Waals surface area contributed by atoms with E-state index in [4.69, 9.17) is 10.5 Å². The van der Waals surface area contributed by atoms with Gasteiger partial charge in [0, 0.05) is 35.9 Å². The van der Waals surface area contributed by atoms with E-state index in [-0.39, 0.29) is 23.6 Å². The normalized spacial score (nSPS) is 19.2. The minimum Gasteiger partial charge on any atom is -0.481 e. The summed E-state index contributed by atoms with van der Waals surface area (Å²) >= 11 is 0. The van der Waals surface area contributed by atoms with Crippen LogP contribution in [-0.4, -0.2) is 53.2 Å². The van der Waals surface area contributed by atoms with E-state index in [2.05, 4.69) is 19.8 Å². The number of hydrogen-bond donors (Lipinski definition) is 2. The molecule has 0 aromatic carbocycles. The van der Waals surface area contributed by atoms with E-state index in [0.717, 1.165) is 31.2 Å². The number of carbonyl (C=O) groups is 1. The largest absolute Gasteiger partial charge is 0.481 e. The van der Waals surface area contributed by atoms with Crippen LogP contribution >= 0.6 is 0 Å². The summed E-state index contributed by atoms with van der Waals surface area (Å²) in [5, 5.41) is 4.31. The summed E-state index contributed by atoms with van der Waals surface area (Å²) in [6.07, 6.45) is 7.51. The fraction of sp³-hybridized carbons (Fsp3) is 0.429. The predicted molar refractivity (Wildman–Crippen MR) is 120 cm³/mol. The van der Waals surface area contributed by atoms with Gasteiger partial charge in [0.2, 0.25) is 15.9 Å². The summed E-state index contributed by atoms with van der Waals surface area (Å²) in [5.74, 6) is 0.838. The Labute approximate surface area is 186 Å². The lowest BCUT2D eigenvalue weighted by Gasteiger charge is -2.28. The number of nitrogens with zero attached hydrogens (tertiary/aromatic N) is 4. The Balaban J connectivity index is 1.58. The van der Waals surface area contributed by atoms with E-state index in [0.29, 0.717) is 29.1 Å². The summed E-state index contributed by atoms with van der Waals surface area (Å²) in [6, 6.07) is 5.30. The Morgan fingerprint density at radius 3 is 2.69 bits per heavy atom. The van der Waals surface area contributed by atoms with Crippen LogP contribution in [0.25, 0.3) is 16.8 Å². The highest BCUT2D eigenvalue weighted by atomic mass is 32.2. The van der Waals surface area contributed by atoms with Gasteiger partial charge in [-0.1, -0.05) is 0 Å². The zero-order valence-electron chi connectivity index (χ0n) is 18.0. The van der Waals surface area contributed by atoms with Crippen LogP contribution in [0.15, 0.2) is 30.7 Å². The van der Waals surface area contributed by atoms with Crippen LogP contribution in [-0.2, 0) is 10.0 Å². The molecule has 3 heterocycles. The van der Waals surface area contributed by atoms with Crippen molar-refractivity contribution in [2.24, 2.45) is 5.92 Å². The minimum absolute atomic E-state index is 0.0317. The van der Waals surface area contributed by atoms with Crippen molar-refractivity contribution >= 4 is 27.1 Å². The monoisotopic (exact) mass is 458 g/mol.